The van der Waals surface area contributed by atoms with Gasteiger partial charge < -0.3 is 14.5 Å². The number of hydrogen-bond acceptors (Lipinski definition) is 6. The second kappa shape index (κ2) is 10.2. The highest BCUT2D eigenvalue weighted by Gasteiger charge is 2.62. The fraction of sp³-hybridized carbons (Fsp3) is 0.382. The molecule has 3 aliphatic heterocycles. The maximum Gasteiger partial charge on any atom is 0.410 e. The Morgan fingerprint density at radius 1 is 1.04 bits per heavy atom. The Bertz CT molecular complexity index is 1970. The van der Waals surface area contributed by atoms with E-state index in [4.69, 9.17) is 9.72 Å². The van der Waals surface area contributed by atoms with Crippen LogP contribution in [-0.4, -0.2) is 59.0 Å². The maximum absolute atomic E-state index is 14.5. The first-order valence-corrected chi connectivity index (χ1v) is 17.4. The Morgan fingerprint density at radius 2 is 1.69 bits per heavy atom. The molecule has 0 saturated carbocycles. The molecule has 7 rings (SSSR count). The van der Waals surface area contributed by atoms with Gasteiger partial charge in [-0.15, -0.1) is 0 Å². The lowest BCUT2D eigenvalue weighted by Crippen LogP contribution is -2.56. The summed E-state index contributed by atoms with van der Waals surface area (Å²) in [5.41, 5.74) is 1.51. The molecule has 0 radical (unpaired) electrons. The van der Waals surface area contributed by atoms with E-state index < -0.39 is 21.0 Å². The third-order valence-corrected chi connectivity index (χ3v) is 12.3. The summed E-state index contributed by atoms with van der Waals surface area (Å²) in [7, 11) is -2.33. The molecule has 11 heteroatoms. The zero-order chi connectivity index (χ0) is 32.1. The Morgan fingerprint density at radius 3 is 2.31 bits per heavy atom. The minimum absolute atomic E-state index is 0.0615. The van der Waals surface area contributed by atoms with Gasteiger partial charge in [-0.05, 0) is 79.6 Å². The fourth-order valence-electron chi connectivity index (χ4n) is 7.79. The van der Waals surface area contributed by atoms with Crippen LogP contribution < -0.4 is 4.90 Å². The smallest absolute Gasteiger partial charge is 0.410 e. The lowest BCUT2D eigenvalue weighted by molar-refractivity contribution is -0.125. The minimum atomic E-state index is -4.09. The number of ether oxygens (including phenoxy) is 1. The molecule has 3 aliphatic rings. The summed E-state index contributed by atoms with van der Waals surface area (Å²) >= 11 is 3.69. The molecule has 2 aromatic carbocycles. The number of fused-ring (bicyclic) bond motifs is 6. The van der Waals surface area contributed by atoms with Crippen molar-refractivity contribution in [2.24, 2.45) is 5.92 Å². The van der Waals surface area contributed by atoms with Gasteiger partial charge in [0, 0.05) is 35.6 Å². The van der Waals surface area contributed by atoms with Gasteiger partial charge in [-0.3, -0.25) is 4.79 Å². The number of benzene rings is 2. The molecule has 5 heterocycles. The van der Waals surface area contributed by atoms with Crippen LogP contribution in [0.3, 0.4) is 0 Å². The topological polar surface area (TPSA) is 102 Å². The monoisotopic (exact) mass is 690 g/mol. The second-order valence-corrected chi connectivity index (χ2v) is 16.0. The predicted molar refractivity (Wildman–Crippen MR) is 176 cm³/mol. The van der Waals surface area contributed by atoms with Gasteiger partial charge in [-0.2, -0.15) is 0 Å². The maximum atomic E-state index is 14.5. The molecule has 4 atom stereocenters. The number of nitrogens with zero attached hydrogens (tertiary/aromatic N) is 4. The Hall–Kier alpha value is -3.70. The molecule has 2 fully saturated rings. The van der Waals surface area contributed by atoms with E-state index >= 15 is 0 Å². The number of carbonyl (C=O) groups excluding carboxylic acids is 2. The molecular formula is C34H35BrN4O5S. The van der Waals surface area contributed by atoms with E-state index in [0.29, 0.717) is 34.1 Å². The standard InChI is InChI=1S/C34H35BrN4O5S/c1-20-16-22-17-34(18-24(20)38(22)32(41)44-33(2,3)4)28-25(37(5)31(34)40)19-36-30-27(28)26(21-12-8-6-9-13-21)29(35)39(30)45(42,43)23-14-10-7-11-15-23/h6-15,19-20,22,24H,16-18H2,1-5H3/t20-,22?,24?,34?/m1/s1. The van der Waals surface area contributed by atoms with Crippen molar-refractivity contribution in [3.63, 3.8) is 0 Å². The van der Waals surface area contributed by atoms with Gasteiger partial charge >= 0.3 is 6.09 Å². The van der Waals surface area contributed by atoms with Crippen LogP contribution in [0.5, 0.6) is 0 Å². The quantitative estimate of drug-likeness (QED) is 0.236. The molecule has 0 aliphatic carbocycles. The van der Waals surface area contributed by atoms with Crippen molar-refractivity contribution in [2.45, 2.75) is 75.0 Å². The highest BCUT2D eigenvalue weighted by molar-refractivity contribution is 9.10. The van der Waals surface area contributed by atoms with Crippen LogP contribution in [0.15, 0.2) is 76.4 Å². The van der Waals surface area contributed by atoms with Gasteiger partial charge in [0.15, 0.2) is 5.65 Å². The normalized spacial score (nSPS) is 24.5. The first-order chi connectivity index (χ1) is 21.3. The molecule has 45 heavy (non-hydrogen) atoms. The molecule has 9 nitrogen and oxygen atoms in total. The van der Waals surface area contributed by atoms with E-state index in [0.717, 1.165) is 17.5 Å². The first kappa shape index (κ1) is 30.0. The van der Waals surface area contributed by atoms with Crippen molar-refractivity contribution in [1.29, 1.82) is 0 Å². The number of aromatic nitrogens is 2. The molecular weight excluding hydrogens is 656 g/mol. The van der Waals surface area contributed by atoms with Crippen LogP contribution in [0.4, 0.5) is 10.5 Å². The lowest BCUT2D eigenvalue weighted by Gasteiger charge is -2.44. The van der Waals surface area contributed by atoms with Crippen molar-refractivity contribution in [2.75, 3.05) is 11.9 Å². The highest BCUT2D eigenvalue weighted by Crippen LogP contribution is 2.58. The number of rotatable bonds is 3. The van der Waals surface area contributed by atoms with Gasteiger partial charge in [0.05, 0.1) is 22.2 Å². The summed E-state index contributed by atoms with van der Waals surface area (Å²) < 4.78 is 35.9. The van der Waals surface area contributed by atoms with Crippen LogP contribution >= 0.6 is 15.9 Å². The van der Waals surface area contributed by atoms with Crippen molar-refractivity contribution in [3.05, 3.63) is 77.0 Å². The molecule has 2 bridgehead atoms. The Kier molecular flexibility index (Phi) is 6.76. The largest absolute Gasteiger partial charge is 0.444 e. The summed E-state index contributed by atoms with van der Waals surface area (Å²) in [4.78, 5) is 36.4. The lowest BCUT2D eigenvalue weighted by atomic mass is 9.69. The number of pyridine rings is 1. The highest BCUT2D eigenvalue weighted by atomic mass is 79.9. The van der Waals surface area contributed by atoms with E-state index in [-0.39, 0.29) is 40.5 Å². The van der Waals surface area contributed by atoms with Gasteiger partial charge in [-0.1, -0.05) is 55.5 Å². The predicted octanol–water partition coefficient (Wildman–Crippen LogP) is 6.72. The number of carbonyl (C=O) groups is 2. The number of hydrogen-bond donors (Lipinski definition) is 0. The Balaban J connectivity index is 1.50. The van der Waals surface area contributed by atoms with Crippen molar-refractivity contribution >= 4 is 54.7 Å². The molecule has 2 amide bonds. The first-order valence-electron chi connectivity index (χ1n) is 15.1. The number of anilines is 1. The third kappa shape index (κ3) is 4.37. The molecule has 0 N–H and O–H groups in total. The van der Waals surface area contributed by atoms with Gasteiger partial charge in [0.1, 0.15) is 10.2 Å². The summed E-state index contributed by atoms with van der Waals surface area (Å²) in [5, 5.41) is 0.626. The number of likely N-dealkylation sites (N-methyl/N-ethyl adjacent to an activating group) is 1. The van der Waals surface area contributed by atoms with E-state index in [1.807, 2.05) is 56.0 Å². The molecule has 234 valence electrons. The van der Waals surface area contributed by atoms with Crippen LogP contribution in [0, 0.1) is 5.92 Å². The zero-order valence-electron chi connectivity index (χ0n) is 25.8. The van der Waals surface area contributed by atoms with Gasteiger partial charge in [-0.25, -0.2) is 22.2 Å². The Labute approximate surface area is 271 Å². The fourth-order valence-corrected chi connectivity index (χ4v) is 10.3. The second-order valence-electron chi connectivity index (χ2n) is 13.5. The number of halogens is 1. The molecule has 2 saturated heterocycles. The average molecular weight is 692 g/mol. The van der Waals surface area contributed by atoms with Crippen LogP contribution in [0.1, 0.15) is 52.5 Å². The van der Waals surface area contributed by atoms with Crippen molar-refractivity contribution in [1.82, 2.24) is 13.9 Å². The third-order valence-electron chi connectivity index (χ3n) is 9.56. The summed E-state index contributed by atoms with van der Waals surface area (Å²) in [5.74, 6) is 0.0957. The van der Waals surface area contributed by atoms with Crippen LogP contribution in [0.25, 0.3) is 22.2 Å². The van der Waals surface area contributed by atoms with Crippen molar-refractivity contribution in [3.8, 4) is 11.1 Å². The zero-order valence-corrected chi connectivity index (χ0v) is 28.2. The van der Waals surface area contributed by atoms with E-state index in [9.17, 15) is 18.0 Å². The van der Waals surface area contributed by atoms with E-state index in [1.165, 1.54) is 3.97 Å². The van der Waals surface area contributed by atoms with Gasteiger partial charge in [0.25, 0.3) is 10.0 Å². The molecule has 2 aromatic heterocycles. The molecule has 4 aromatic rings. The summed E-state index contributed by atoms with van der Waals surface area (Å²) in [6.07, 6.45) is 2.83. The summed E-state index contributed by atoms with van der Waals surface area (Å²) in [6.45, 7) is 7.69. The van der Waals surface area contributed by atoms with E-state index in [1.54, 1.807) is 48.5 Å². The van der Waals surface area contributed by atoms with E-state index in [2.05, 4.69) is 22.9 Å². The number of amides is 2. The van der Waals surface area contributed by atoms with Crippen molar-refractivity contribution < 1.29 is 22.7 Å². The minimum Gasteiger partial charge on any atom is -0.444 e. The van der Waals surface area contributed by atoms with Crippen LogP contribution in [-0.2, 0) is 25.0 Å². The average Bonchev–Trinajstić information content (AvgIpc) is 3.49. The van der Waals surface area contributed by atoms with Gasteiger partial charge in [0.2, 0.25) is 5.91 Å². The molecule has 3 unspecified atom stereocenters. The summed E-state index contributed by atoms with van der Waals surface area (Å²) in [6, 6.07) is 17.4. The van der Waals surface area contributed by atoms with Crippen LogP contribution in [0.2, 0.25) is 0 Å². The SMILES string of the molecule is C[C@@H]1CC2CC3(CC1N2C(=O)OC(C)(C)C)C(=O)N(C)c1cnc2c(c(-c4ccccc4)c(Br)n2S(=O)(=O)c2ccccc2)c13. The molecule has 1 spiro atoms. The number of piperidine rings is 1.